The maximum absolute atomic E-state index is 12.0. The molecular formula is C19H14ClNO3S. The minimum atomic E-state index is -0.604. The molecule has 3 aromatic rings. The van der Waals surface area contributed by atoms with Gasteiger partial charge in [0.15, 0.2) is 6.29 Å². The highest BCUT2D eigenvalue weighted by atomic mass is 35.5. The Bertz CT molecular complexity index is 875. The molecule has 25 heavy (non-hydrogen) atoms. The molecule has 0 unspecified atom stereocenters. The molecular weight excluding hydrogens is 358 g/mol. The highest BCUT2D eigenvalue weighted by molar-refractivity contribution is 7.14. The summed E-state index contributed by atoms with van der Waals surface area (Å²) in [5.74, 6) is 0. The Morgan fingerprint density at radius 3 is 2.52 bits per heavy atom. The summed E-state index contributed by atoms with van der Waals surface area (Å²) in [6, 6.07) is 16.6. The standard InChI is InChI=1S/C19H14ClNO3S/c20-15-8-6-14(7-9-15)18-16(10-22)17(12-25-18)21-19(23)24-11-13-4-2-1-3-5-13/h1-10,12H,11H2,(H,21,23). The zero-order valence-corrected chi connectivity index (χ0v) is 14.6. The lowest BCUT2D eigenvalue weighted by Crippen LogP contribution is -2.14. The van der Waals surface area contributed by atoms with Gasteiger partial charge in [-0.25, -0.2) is 4.79 Å². The first kappa shape index (κ1) is 17.2. The van der Waals surface area contributed by atoms with E-state index in [-0.39, 0.29) is 6.61 Å². The molecule has 0 atom stereocenters. The molecule has 6 heteroatoms. The van der Waals surface area contributed by atoms with Crippen LogP contribution in [0.25, 0.3) is 10.4 Å². The number of ether oxygens (including phenoxy) is 1. The van der Waals surface area contributed by atoms with E-state index < -0.39 is 6.09 Å². The fourth-order valence-electron chi connectivity index (χ4n) is 2.27. The fourth-order valence-corrected chi connectivity index (χ4v) is 3.38. The third-order valence-electron chi connectivity index (χ3n) is 3.50. The van der Waals surface area contributed by atoms with Crippen LogP contribution >= 0.6 is 22.9 Å². The number of hydrogen-bond acceptors (Lipinski definition) is 4. The maximum atomic E-state index is 12.0. The number of aldehydes is 1. The number of hydrogen-bond donors (Lipinski definition) is 1. The van der Waals surface area contributed by atoms with Crippen molar-refractivity contribution in [3.63, 3.8) is 0 Å². The molecule has 3 rings (SSSR count). The molecule has 0 radical (unpaired) electrons. The molecule has 0 saturated heterocycles. The van der Waals surface area contributed by atoms with Crippen LogP contribution in [0.4, 0.5) is 10.5 Å². The average molecular weight is 372 g/mol. The quantitative estimate of drug-likeness (QED) is 0.591. The van der Waals surface area contributed by atoms with Crippen molar-refractivity contribution in [2.24, 2.45) is 0 Å². The summed E-state index contributed by atoms with van der Waals surface area (Å²) in [6.45, 7) is 0.164. The Morgan fingerprint density at radius 2 is 1.84 bits per heavy atom. The number of amides is 1. The summed E-state index contributed by atoms with van der Waals surface area (Å²) in [5, 5.41) is 4.97. The number of anilines is 1. The minimum Gasteiger partial charge on any atom is -0.444 e. The van der Waals surface area contributed by atoms with Crippen LogP contribution in [-0.2, 0) is 11.3 Å². The molecule has 0 saturated carbocycles. The van der Waals surface area contributed by atoms with E-state index in [1.54, 1.807) is 17.5 Å². The first-order valence-electron chi connectivity index (χ1n) is 7.47. The molecule has 0 aliphatic heterocycles. The molecule has 1 N–H and O–H groups in total. The Kier molecular flexibility index (Phi) is 5.48. The van der Waals surface area contributed by atoms with Crippen molar-refractivity contribution in [2.75, 3.05) is 5.32 Å². The third kappa shape index (κ3) is 4.26. The summed E-state index contributed by atoms with van der Waals surface area (Å²) < 4.78 is 5.18. The average Bonchev–Trinajstić information content (AvgIpc) is 3.04. The number of carbonyl (C=O) groups is 2. The minimum absolute atomic E-state index is 0.164. The molecule has 0 aliphatic carbocycles. The highest BCUT2D eigenvalue weighted by Gasteiger charge is 2.15. The Balaban J connectivity index is 1.71. The van der Waals surface area contributed by atoms with Crippen LogP contribution in [0, 0.1) is 0 Å². The van der Waals surface area contributed by atoms with Crippen molar-refractivity contribution in [1.29, 1.82) is 0 Å². The predicted octanol–water partition coefficient (Wildman–Crippen LogP) is 5.63. The van der Waals surface area contributed by atoms with E-state index in [1.165, 1.54) is 11.3 Å². The van der Waals surface area contributed by atoms with E-state index in [1.807, 2.05) is 42.5 Å². The van der Waals surface area contributed by atoms with Crippen LogP contribution in [0.3, 0.4) is 0 Å². The van der Waals surface area contributed by atoms with Crippen molar-refractivity contribution in [3.8, 4) is 10.4 Å². The van der Waals surface area contributed by atoms with Gasteiger partial charge in [-0.3, -0.25) is 10.1 Å². The molecule has 1 amide bonds. The van der Waals surface area contributed by atoms with Gasteiger partial charge in [-0.1, -0.05) is 54.1 Å². The largest absolute Gasteiger partial charge is 0.444 e. The van der Waals surface area contributed by atoms with Crippen LogP contribution in [0.15, 0.2) is 60.0 Å². The molecule has 0 aliphatic rings. The third-order valence-corrected chi connectivity index (χ3v) is 4.80. The van der Waals surface area contributed by atoms with Crippen LogP contribution in [-0.4, -0.2) is 12.4 Å². The zero-order chi connectivity index (χ0) is 17.6. The predicted molar refractivity (Wildman–Crippen MR) is 100 cm³/mol. The van der Waals surface area contributed by atoms with Crippen molar-refractivity contribution < 1.29 is 14.3 Å². The topological polar surface area (TPSA) is 55.4 Å². The summed E-state index contributed by atoms with van der Waals surface area (Å²) in [7, 11) is 0. The van der Waals surface area contributed by atoms with Gasteiger partial charge in [-0.05, 0) is 23.3 Å². The van der Waals surface area contributed by atoms with Gasteiger partial charge < -0.3 is 4.74 Å². The van der Waals surface area contributed by atoms with E-state index in [2.05, 4.69) is 5.32 Å². The summed E-state index contributed by atoms with van der Waals surface area (Å²) in [6.07, 6.45) is 0.125. The number of benzene rings is 2. The van der Waals surface area contributed by atoms with Gasteiger partial charge in [0, 0.05) is 15.3 Å². The number of carbonyl (C=O) groups excluding carboxylic acids is 2. The number of nitrogens with one attached hydrogen (secondary N) is 1. The lowest BCUT2D eigenvalue weighted by molar-refractivity contribution is 0.112. The van der Waals surface area contributed by atoms with Gasteiger partial charge in [0.2, 0.25) is 0 Å². The lowest BCUT2D eigenvalue weighted by Gasteiger charge is -2.07. The van der Waals surface area contributed by atoms with Crippen molar-refractivity contribution in [1.82, 2.24) is 0 Å². The second-order valence-electron chi connectivity index (χ2n) is 5.20. The Morgan fingerprint density at radius 1 is 1.12 bits per heavy atom. The second kappa shape index (κ2) is 7.96. The van der Waals surface area contributed by atoms with Gasteiger partial charge in [0.25, 0.3) is 0 Å². The normalized spacial score (nSPS) is 10.3. The molecule has 1 heterocycles. The lowest BCUT2D eigenvalue weighted by atomic mass is 10.1. The number of thiophene rings is 1. The number of halogens is 1. The Hall–Kier alpha value is -2.63. The van der Waals surface area contributed by atoms with E-state index in [0.29, 0.717) is 16.3 Å². The monoisotopic (exact) mass is 371 g/mol. The van der Waals surface area contributed by atoms with Crippen LogP contribution in [0.5, 0.6) is 0 Å². The van der Waals surface area contributed by atoms with E-state index in [0.717, 1.165) is 22.3 Å². The van der Waals surface area contributed by atoms with Gasteiger partial charge >= 0.3 is 6.09 Å². The molecule has 0 spiro atoms. The molecule has 2 aromatic carbocycles. The summed E-state index contributed by atoms with van der Waals surface area (Å²) in [5.41, 5.74) is 2.61. The smallest absolute Gasteiger partial charge is 0.412 e. The molecule has 0 fully saturated rings. The van der Waals surface area contributed by atoms with Crippen molar-refractivity contribution >= 4 is 41.0 Å². The SMILES string of the molecule is O=Cc1c(NC(=O)OCc2ccccc2)csc1-c1ccc(Cl)cc1. The van der Waals surface area contributed by atoms with Gasteiger partial charge in [-0.15, -0.1) is 11.3 Å². The molecule has 1 aromatic heterocycles. The fraction of sp³-hybridized carbons (Fsp3) is 0.0526. The first-order chi connectivity index (χ1) is 12.2. The molecule has 126 valence electrons. The molecule has 0 bridgehead atoms. The number of rotatable bonds is 5. The van der Waals surface area contributed by atoms with E-state index in [9.17, 15) is 9.59 Å². The van der Waals surface area contributed by atoms with E-state index >= 15 is 0 Å². The molecule has 4 nitrogen and oxygen atoms in total. The highest BCUT2D eigenvalue weighted by Crippen LogP contribution is 2.35. The maximum Gasteiger partial charge on any atom is 0.412 e. The van der Waals surface area contributed by atoms with Gasteiger partial charge in [0.1, 0.15) is 6.61 Å². The summed E-state index contributed by atoms with van der Waals surface area (Å²) in [4.78, 5) is 24.2. The van der Waals surface area contributed by atoms with Gasteiger partial charge in [0.05, 0.1) is 11.3 Å². The first-order valence-corrected chi connectivity index (χ1v) is 8.73. The van der Waals surface area contributed by atoms with Crippen molar-refractivity contribution in [3.05, 3.63) is 76.1 Å². The van der Waals surface area contributed by atoms with Crippen molar-refractivity contribution in [2.45, 2.75) is 6.61 Å². The van der Waals surface area contributed by atoms with Crippen LogP contribution < -0.4 is 5.32 Å². The zero-order valence-electron chi connectivity index (χ0n) is 13.1. The van der Waals surface area contributed by atoms with Crippen LogP contribution in [0.2, 0.25) is 5.02 Å². The van der Waals surface area contributed by atoms with Gasteiger partial charge in [-0.2, -0.15) is 0 Å². The summed E-state index contributed by atoms with van der Waals surface area (Å²) >= 11 is 7.26. The van der Waals surface area contributed by atoms with E-state index in [4.69, 9.17) is 16.3 Å². The van der Waals surface area contributed by atoms with Crippen LogP contribution in [0.1, 0.15) is 15.9 Å². The second-order valence-corrected chi connectivity index (χ2v) is 6.52. The Labute approximate surface area is 154 Å².